The summed E-state index contributed by atoms with van der Waals surface area (Å²) in [5.41, 5.74) is 0. The van der Waals surface area contributed by atoms with Crippen molar-refractivity contribution in [3.05, 3.63) is 12.7 Å². The molecule has 0 spiro atoms. The van der Waals surface area contributed by atoms with Crippen LogP contribution < -0.4 is 5.32 Å². The zero-order valence-electron chi connectivity index (χ0n) is 7.83. The van der Waals surface area contributed by atoms with E-state index in [2.05, 4.69) is 11.9 Å². The Morgan fingerprint density at radius 3 is 2.85 bits per heavy atom. The number of sulfone groups is 1. The van der Waals surface area contributed by atoms with Crippen LogP contribution in [-0.2, 0) is 9.84 Å². The van der Waals surface area contributed by atoms with Gasteiger partial charge in [-0.2, -0.15) is 0 Å². The second-order valence-electron chi connectivity index (χ2n) is 3.41. The summed E-state index contributed by atoms with van der Waals surface area (Å²) in [7, 11) is -2.88. The molecule has 1 saturated heterocycles. The zero-order chi connectivity index (χ0) is 9.73. The van der Waals surface area contributed by atoms with E-state index >= 15 is 0 Å². The molecule has 1 aliphatic rings. The Labute approximate surface area is 80.1 Å². The number of hydrogen-bond acceptors (Lipinski definition) is 3. The molecule has 1 aliphatic heterocycles. The lowest BCUT2D eigenvalue weighted by molar-refractivity contribution is 0.497. The molecule has 1 fully saturated rings. The Bertz CT molecular complexity index is 253. The summed E-state index contributed by atoms with van der Waals surface area (Å²) in [6.07, 6.45) is 4.01. The van der Waals surface area contributed by atoms with Gasteiger partial charge in [0.15, 0.2) is 9.84 Å². The van der Waals surface area contributed by atoms with Crippen LogP contribution in [0, 0.1) is 0 Å². The molecule has 0 aromatic carbocycles. The second kappa shape index (κ2) is 4.77. The molecular formula is C9H17NO2S. The van der Waals surface area contributed by atoms with E-state index in [0.717, 1.165) is 19.4 Å². The molecule has 1 unspecified atom stereocenters. The normalized spacial score (nSPS) is 24.2. The summed E-state index contributed by atoms with van der Waals surface area (Å²) >= 11 is 0. The molecule has 0 aromatic rings. The summed E-state index contributed by atoms with van der Waals surface area (Å²) in [5.74, 6) is 0.253. The quantitative estimate of drug-likeness (QED) is 0.685. The van der Waals surface area contributed by atoms with E-state index in [-0.39, 0.29) is 11.0 Å². The molecule has 0 radical (unpaired) electrons. The fourth-order valence-corrected chi connectivity index (χ4v) is 3.27. The zero-order valence-corrected chi connectivity index (χ0v) is 8.65. The highest BCUT2D eigenvalue weighted by Gasteiger charge is 2.25. The fraction of sp³-hybridized carbons (Fsp3) is 0.778. The number of nitrogens with one attached hydrogen (secondary N) is 1. The SMILES string of the molecule is C=CCCS(=O)(=O)C1CCCNC1. The summed E-state index contributed by atoms with van der Waals surface area (Å²) < 4.78 is 23.3. The molecule has 1 N–H and O–H groups in total. The van der Waals surface area contributed by atoms with Crippen molar-refractivity contribution in [3.8, 4) is 0 Å². The van der Waals surface area contributed by atoms with E-state index in [1.807, 2.05) is 0 Å². The van der Waals surface area contributed by atoms with Crippen molar-refractivity contribution in [1.29, 1.82) is 0 Å². The van der Waals surface area contributed by atoms with Crippen LogP contribution in [0.2, 0.25) is 0 Å². The Balaban J connectivity index is 2.51. The summed E-state index contributed by atoms with van der Waals surface area (Å²) in [5, 5.41) is 2.95. The first-order chi connectivity index (χ1) is 6.17. The van der Waals surface area contributed by atoms with Crippen LogP contribution in [-0.4, -0.2) is 32.5 Å². The minimum absolute atomic E-state index is 0.166. The molecule has 0 saturated carbocycles. The maximum Gasteiger partial charge on any atom is 0.154 e. The van der Waals surface area contributed by atoms with E-state index in [4.69, 9.17) is 0 Å². The highest BCUT2D eigenvalue weighted by atomic mass is 32.2. The van der Waals surface area contributed by atoms with Crippen LogP contribution in [0.3, 0.4) is 0 Å². The third-order valence-electron chi connectivity index (χ3n) is 2.37. The van der Waals surface area contributed by atoms with E-state index in [1.54, 1.807) is 6.08 Å². The number of hydrogen-bond donors (Lipinski definition) is 1. The van der Waals surface area contributed by atoms with E-state index in [0.29, 0.717) is 13.0 Å². The van der Waals surface area contributed by atoms with Gasteiger partial charge in [-0.3, -0.25) is 0 Å². The van der Waals surface area contributed by atoms with E-state index in [9.17, 15) is 8.42 Å². The molecule has 1 heterocycles. The van der Waals surface area contributed by atoms with Gasteiger partial charge in [0, 0.05) is 6.54 Å². The van der Waals surface area contributed by atoms with Crippen molar-refractivity contribution in [2.45, 2.75) is 24.5 Å². The van der Waals surface area contributed by atoms with E-state index in [1.165, 1.54) is 0 Å². The molecule has 13 heavy (non-hydrogen) atoms. The summed E-state index contributed by atoms with van der Waals surface area (Å²) in [6.45, 7) is 5.11. The first-order valence-corrected chi connectivity index (χ1v) is 6.41. The van der Waals surface area contributed by atoms with Crippen LogP contribution in [0.5, 0.6) is 0 Å². The number of piperidine rings is 1. The molecule has 3 nitrogen and oxygen atoms in total. The fourth-order valence-electron chi connectivity index (χ4n) is 1.54. The van der Waals surface area contributed by atoms with Gasteiger partial charge < -0.3 is 5.32 Å². The molecule has 4 heteroatoms. The third-order valence-corrected chi connectivity index (χ3v) is 4.59. The van der Waals surface area contributed by atoms with Crippen molar-refractivity contribution in [1.82, 2.24) is 5.32 Å². The molecule has 0 aromatic heterocycles. The smallest absolute Gasteiger partial charge is 0.154 e. The van der Waals surface area contributed by atoms with Gasteiger partial charge in [-0.1, -0.05) is 6.08 Å². The van der Waals surface area contributed by atoms with Gasteiger partial charge in [0.1, 0.15) is 0 Å². The first-order valence-electron chi connectivity index (χ1n) is 4.70. The first kappa shape index (κ1) is 10.7. The molecular weight excluding hydrogens is 186 g/mol. The maximum absolute atomic E-state index is 11.7. The lowest BCUT2D eigenvalue weighted by Gasteiger charge is -2.22. The molecule has 0 amide bonds. The Morgan fingerprint density at radius 2 is 2.31 bits per heavy atom. The average molecular weight is 203 g/mol. The van der Waals surface area contributed by atoms with Crippen molar-refractivity contribution in [2.75, 3.05) is 18.8 Å². The van der Waals surface area contributed by atoms with Crippen LogP contribution >= 0.6 is 0 Å². The Kier molecular flexibility index (Phi) is 3.93. The monoisotopic (exact) mass is 203 g/mol. The van der Waals surface area contributed by atoms with Gasteiger partial charge in [0.05, 0.1) is 11.0 Å². The Hall–Kier alpha value is -0.350. The number of rotatable bonds is 4. The molecule has 1 atom stereocenters. The molecule has 1 rings (SSSR count). The van der Waals surface area contributed by atoms with Gasteiger partial charge in [-0.15, -0.1) is 6.58 Å². The molecule has 0 bridgehead atoms. The van der Waals surface area contributed by atoms with Gasteiger partial charge in [-0.05, 0) is 25.8 Å². The molecule has 0 aliphatic carbocycles. The van der Waals surface area contributed by atoms with Crippen LogP contribution in [0.25, 0.3) is 0 Å². The van der Waals surface area contributed by atoms with Gasteiger partial charge in [0.2, 0.25) is 0 Å². The van der Waals surface area contributed by atoms with Crippen molar-refractivity contribution in [3.63, 3.8) is 0 Å². The van der Waals surface area contributed by atoms with E-state index < -0.39 is 9.84 Å². The molecule has 76 valence electrons. The highest BCUT2D eigenvalue weighted by Crippen LogP contribution is 2.13. The average Bonchev–Trinajstić information content (AvgIpc) is 2.16. The van der Waals surface area contributed by atoms with Crippen molar-refractivity contribution in [2.24, 2.45) is 0 Å². The minimum atomic E-state index is -2.88. The van der Waals surface area contributed by atoms with Crippen LogP contribution in [0.4, 0.5) is 0 Å². The Morgan fingerprint density at radius 1 is 1.54 bits per heavy atom. The topological polar surface area (TPSA) is 46.2 Å². The lowest BCUT2D eigenvalue weighted by atomic mass is 10.2. The number of allylic oxidation sites excluding steroid dienone is 1. The van der Waals surface area contributed by atoms with Gasteiger partial charge >= 0.3 is 0 Å². The highest BCUT2D eigenvalue weighted by molar-refractivity contribution is 7.92. The standard InChI is InChI=1S/C9H17NO2S/c1-2-3-7-13(11,12)9-5-4-6-10-8-9/h2,9-10H,1,3-8H2. The maximum atomic E-state index is 11.7. The second-order valence-corrected chi connectivity index (χ2v) is 5.81. The van der Waals surface area contributed by atoms with Crippen molar-refractivity contribution < 1.29 is 8.42 Å². The lowest BCUT2D eigenvalue weighted by Crippen LogP contribution is -2.39. The minimum Gasteiger partial charge on any atom is -0.315 e. The van der Waals surface area contributed by atoms with Gasteiger partial charge in [-0.25, -0.2) is 8.42 Å². The summed E-state index contributed by atoms with van der Waals surface area (Å²) in [4.78, 5) is 0. The predicted molar refractivity (Wildman–Crippen MR) is 54.5 cm³/mol. The predicted octanol–water partition coefficient (Wildman–Crippen LogP) is 0.729. The largest absolute Gasteiger partial charge is 0.315 e. The summed E-state index contributed by atoms with van der Waals surface area (Å²) in [6, 6.07) is 0. The van der Waals surface area contributed by atoms with Crippen LogP contribution in [0.15, 0.2) is 12.7 Å². The van der Waals surface area contributed by atoms with Crippen molar-refractivity contribution >= 4 is 9.84 Å². The third kappa shape index (κ3) is 3.12. The van der Waals surface area contributed by atoms with Gasteiger partial charge in [0.25, 0.3) is 0 Å². The van der Waals surface area contributed by atoms with Crippen LogP contribution in [0.1, 0.15) is 19.3 Å².